The van der Waals surface area contributed by atoms with Crippen LogP contribution in [0.4, 0.5) is 0 Å². The zero-order valence-corrected chi connectivity index (χ0v) is 45.3. The third-order valence-corrected chi connectivity index (χ3v) is 18.1. The number of aliphatic hydroxyl groups excluding tert-OH is 20. The van der Waals surface area contributed by atoms with Crippen LogP contribution in [0.15, 0.2) is 30.3 Å². The topological polar surface area (TPSA) is 534 Å². The Kier molecular flexibility index (Phi) is 22.6. The van der Waals surface area contributed by atoms with Gasteiger partial charge in [-0.3, -0.25) is 0 Å². The molecule has 1 aromatic rings. The SMILES string of the molecule is OC[C@H]1O[C@@H]2O[C@H]3[C@H](O)[C@@H](O)[C@@H](O[C@H]4[C@H](O)[C@@H](O)[C@@H](O[C@H]5[C@H](O)[C@@H](O)[C@@H](O[C@H]6[C@H](O)[C@@H](O)[C@@H](O[C@H]7[C@H](O)[C@@H](O)[C@@H](O[C@H]8[C@H](O)[C@@H](O)[C@@H](O[C@H]1[C@H](O)[C@H]2O)O[C@@H]8CO)O[C@@H]7CO)O[C@@H]6CO)O[C@@H]5C[Se]c1ccccc1)O[C@@H]4CO)O[C@@H]3CO. The molecule has 0 saturated carbocycles. The monoisotopic (exact) mass is 1270 g/mol. The van der Waals surface area contributed by atoms with Crippen LogP contribution < -0.4 is 4.46 Å². The second-order valence-electron chi connectivity index (χ2n) is 21.1. The molecule has 35 atom stereocenters. The second-order valence-corrected chi connectivity index (χ2v) is 23.4. The second kappa shape index (κ2) is 28.5. The number of aliphatic hydroxyl groups is 20. The molecule has 476 valence electrons. The molecule has 0 amide bonds. The van der Waals surface area contributed by atoms with E-state index in [2.05, 4.69) is 0 Å². The molecule has 0 radical (unpaired) electrons. The van der Waals surface area contributed by atoms with Crippen molar-refractivity contribution in [1.29, 1.82) is 0 Å². The molecule has 22 rings (SSSR count). The summed E-state index contributed by atoms with van der Waals surface area (Å²) in [5.41, 5.74) is 0. The number of rotatable bonds is 9. The van der Waals surface area contributed by atoms with Gasteiger partial charge >= 0.3 is 287 Å². The minimum Gasteiger partial charge on any atom is -0.394 e. The van der Waals surface area contributed by atoms with E-state index in [-0.39, 0.29) is 5.32 Å². The summed E-state index contributed by atoms with van der Waals surface area (Å²) < 4.78 is 82.3. The number of benzene rings is 1. The van der Waals surface area contributed by atoms with Crippen molar-refractivity contribution in [1.82, 2.24) is 0 Å². The van der Waals surface area contributed by atoms with Gasteiger partial charge < -0.3 is 84.6 Å². The first-order valence-electron chi connectivity index (χ1n) is 26.7. The molecule has 14 bridgehead atoms. The number of ether oxygens (including phenoxy) is 14. The quantitative estimate of drug-likeness (QED) is 0.102. The summed E-state index contributed by atoms with van der Waals surface area (Å²) in [6.07, 6.45) is -68.7. The van der Waals surface area contributed by atoms with Gasteiger partial charge in [-0.1, -0.05) is 0 Å². The van der Waals surface area contributed by atoms with Gasteiger partial charge in [0.2, 0.25) is 0 Å². The molecule has 1 aromatic carbocycles. The molecule has 34 nitrogen and oxygen atoms in total. The van der Waals surface area contributed by atoms with E-state index in [0.29, 0.717) is 0 Å². The molecule has 0 unspecified atom stereocenters. The maximum absolute atomic E-state index is 11.8. The Balaban J connectivity index is 1.01. The van der Waals surface area contributed by atoms with Crippen molar-refractivity contribution in [3.63, 3.8) is 0 Å². The third-order valence-electron chi connectivity index (χ3n) is 15.8. The van der Waals surface area contributed by atoms with Crippen LogP contribution in [0.1, 0.15) is 0 Å². The van der Waals surface area contributed by atoms with Crippen LogP contribution in [0.2, 0.25) is 5.32 Å². The molecule has 20 N–H and O–H groups in total. The smallest absolute Gasteiger partial charge is 0.394 e. The average molecular weight is 1270 g/mol. The van der Waals surface area contributed by atoms with Crippen molar-refractivity contribution < 1.29 is 168 Å². The minimum absolute atomic E-state index is 0.00583. The predicted octanol–water partition coefficient (Wildman–Crippen LogP) is -13.8. The molecule has 21 fully saturated rings. The van der Waals surface area contributed by atoms with Crippen molar-refractivity contribution in [2.75, 3.05) is 39.6 Å². The maximum atomic E-state index is 11.8. The van der Waals surface area contributed by atoms with E-state index in [0.717, 1.165) is 4.46 Å². The van der Waals surface area contributed by atoms with Gasteiger partial charge in [0.15, 0.2) is 18.9 Å². The number of hydrogen-bond acceptors (Lipinski definition) is 34. The zero-order valence-electron chi connectivity index (χ0n) is 43.6. The van der Waals surface area contributed by atoms with Crippen LogP contribution in [0.25, 0.3) is 0 Å². The molecule has 35 heteroatoms. The normalized spacial score (nSPS) is 52.2. The molecule has 21 saturated heterocycles. The predicted molar refractivity (Wildman–Crippen MR) is 258 cm³/mol. The standard InChI is InChI=1S/C48H74O34Se/c49-6-14-35-22(56)29(63)43(70-14)78-37-16(8-51)72-45(31(65)24(37)58)80-39-18(10-53)74-47(33(67)26(39)60)82-41-20(12-83-13-4-2-1-3-5-13)75-48(34(68)27(41)61)81-40-19(11-54)73-46(32(66)25(40)59)79-38-17(9-52)71-44(30(64)23(38)57)77-36-15(7-50)69-42(76-35)28(62)21(36)55/h1-5,14-68H,6-12H2/t14-,15-,16-,17-,18-,19-,20-,21-,22-,23-,24-,25-,26-,27-,28-,29-,30-,31-,32-,33-,34-,35-,36-,37-,38-,39-,40-,41-,42-,43-,44-,45-,46-,47-,48-/m1/s1. The van der Waals surface area contributed by atoms with E-state index >= 15 is 0 Å². The van der Waals surface area contributed by atoms with E-state index < -0.39 is 270 Å². The average Bonchev–Trinajstić information content (AvgIpc) is 3.65. The van der Waals surface area contributed by atoms with Crippen molar-refractivity contribution in [3.05, 3.63) is 30.3 Å². The summed E-state index contributed by atoms with van der Waals surface area (Å²) in [7, 11) is 0. The summed E-state index contributed by atoms with van der Waals surface area (Å²) in [5, 5.41) is 223. The molecule has 0 spiro atoms. The molecule has 0 aromatic heterocycles. The van der Waals surface area contributed by atoms with Crippen molar-refractivity contribution >= 4 is 19.4 Å². The van der Waals surface area contributed by atoms with Crippen LogP contribution in [-0.4, -0.2) is 372 Å². The van der Waals surface area contributed by atoms with Gasteiger partial charge in [-0.05, 0) is 0 Å². The Morgan fingerprint density at radius 3 is 0.614 bits per heavy atom. The van der Waals surface area contributed by atoms with Crippen LogP contribution in [0.3, 0.4) is 0 Å². The summed E-state index contributed by atoms with van der Waals surface area (Å²) in [5.74, 6) is 0. The van der Waals surface area contributed by atoms with Crippen molar-refractivity contribution in [3.8, 4) is 0 Å². The summed E-state index contributed by atoms with van der Waals surface area (Å²) in [6, 6.07) is 8.84. The van der Waals surface area contributed by atoms with E-state index in [1.54, 1.807) is 30.3 Å². The fourth-order valence-electron chi connectivity index (χ4n) is 11.1. The fraction of sp³-hybridized carbons (Fsp3) is 0.875. The first kappa shape index (κ1) is 65.8. The molecule has 21 aliphatic rings. The van der Waals surface area contributed by atoms with E-state index in [1.165, 1.54) is 0 Å². The molecule has 21 heterocycles. The van der Waals surface area contributed by atoms with Crippen LogP contribution in [0.5, 0.6) is 0 Å². The third kappa shape index (κ3) is 13.5. The van der Waals surface area contributed by atoms with Gasteiger partial charge in [0.1, 0.15) is 61.0 Å². The Bertz CT molecular complexity index is 2140. The van der Waals surface area contributed by atoms with Gasteiger partial charge in [-0.15, -0.1) is 0 Å². The molecular formula is C48H74O34Se. The van der Waals surface area contributed by atoms with E-state index in [4.69, 9.17) is 66.3 Å². The van der Waals surface area contributed by atoms with Gasteiger partial charge in [-0.25, -0.2) is 0 Å². The van der Waals surface area contributed by atoms with E-state index in [1.807, 2.05) is 0 Å². The first-order chi connectivity index (χ1) is 39.7. The molecule has 0 aliphatic carbocycles. The first-order valence-corrected chi connectivity index (χ1v) is 28.8. The molecule has 21 aliphatic heterocycles. The summed E-state index contributed by atoms with van der Waals surface area (Å²) >= 11 is -0.515. The Morgan fingerprint density at radius 2 is 0.422 bits per heavy atom. The molecule has 83 heavy (non-hydrogen) atoms. The number of hydrogen-bond donors (Lipinski definition) is 20. The van der Waals surface area contributed by atoms with Crippen LogP contribution in [-0.2, 0) is 66.3 Å². The summed E-state index contributed by atoms with van der Waals surface area (Å²) in [6.45, 7) is -6.16. The van der Waals surface area contributed by atoms with Gasteiger partial charge in [-0.2, -0.15) is 0 Å². The Hall–Kier alpha value is -1.62. The summed E-state index contributed by atoms with van der Waals surface area (Å²) in [4.78, 5) is 0. The molecular weight excluding hydrogens is 1200 g/mol. The Morgan fingerprint density at radius 1 is 0.241 bits per heavy atom. The minimum atomic E-state index is -2.20. The van der Waals surface area contributed by atoms with Crippen molar-refractivity contribution in [2.24, 2.45) is 0 Å². The zero-order chi connectivity index (χ0) is 59.9. The fourth-order valence-corrected chi connectivity index (χ4v) is 13.1. The van der Waals surface area contributed by atoms with Gasteiger partial charge in [0, 0.05) is 0 Å². The Labute approximate surface area is 476 Å². The van der Waals surface area contributed by atoms with Gasteiger partial charge in [0.25, 0.3) is 0 Å². The van der Waals surface area contributed by atoms with Crippen molar-refractivity contribution in [2.45, 2.75) is 220 Å². The van der Waals surface area contributed by atoms with Crippen LogP contribution in [0, 0.1) is 0 Å². The van der Waals surface area contributed by atoms with Gasteiger partial charge in [0.05, 0.1) is 26.4 Å². The van der Waals surface area contributed by atoms with Crippen LogP contribution >= 0.6 is 0 Å². The van der Waals surface area contributed by atoms with E-state index in [9.17, 15) is 102 Å².